The van der Waals surface area contributed by atoms with Gasteiger partial charge in [-0.25, -0.2) is 0 Å². The Morgan fingerprint density at radius 1 is 1.37 bits per heavy atom. The Kier molecular flexibility index (Phi) is 4.85. The van der Waals surface area contributed by atoms with Crippen molar-refractivity contribution in [2.45, 2.75) is 76.5 Å². The largest absolute Gasteiger partial charge is 0.375 e. The van der Waals surface area contributed by atoms with E-state index in [4.69, 9.17) is 10.5 Å². The highest BCUT2D eigenvalue weighted by Crippen LogP contribution is 2.33. The van der Waals surface area contributed by atoms with Crippen molar-refractivity contribution in [1.29, 1.82) is 0 Å². The maximum atomic E-state index is 12.0. The van der Waals surface area contributed by atoms with E-state index in [-0.39, 0.29) is 23.6 Å². The van der Waals surface area contributed by atoms with Crippen LogP contribution in [0.2, 0.25) is 0 Å². The molecular formula is C15H28N2O2. The molecule has 1 saturated heterocycles. The molecule has 1 amide bonds. The molecule has 2 fully saturated rings. The van der Waals surface area contributed by atoms with Crippen LogP contribution in [0.3, 0.4) is 0 Å². The zero-order chi connectivity index (χ0) is 13.9. The lowest BCUT2D eigenvalue weighted by Gasteiger charge is -2.40. The fourth-order valence-electron chi connectivity index (χ4n) is 3.09. The van der Waals surface area contributed by atoms with Crippen LogP contribution < -0.4 is 11.1 Å². The van der Waals surface area contributed by atoms with Crippen molar-refractivity contribution in [2.75, 3.05) is 6.61 Å². The van der Waals surface area contributed by atoms with Gasteiger partial charge in [-0.15, -0.1) is 0 Å². The Bertz CT molecular complexity index is 311. The Balaban J connectivity index is 1.79. The lowest BCUT2D eigenvalue weighted by molar-refractivity contribution is -0.126. The van der Waals surface area contributed by atoms with Crippen LogP contribution in [0.4, 0.5) is 0 Å². The van der Waals surface area contributed by atoms with E-state index in [0.29, 0.717) is 12.3 Å². The number of rotatable bonds is 6. The summed E-state index contributed by atoms with van der Waals surface area (Å²) in [4.78, 5) is 12.0. The van der Waals surface area contributed by atoms with Crippen LogP contribution in [-0.4, -0.2) is 30.2 Å². The second-order valence-corrected chi connectivity index (χ2v) is 6.20. The summed E-state index contributed by atoms with van der Waals surface area (Å²) in [7, 11) is 0. The molecule has 0 spiro atoms. The van der Waals surface area contributed by atoms with Crippen LogP contribution in [0.1, 0.15) is 58.8 Å². The molecule has 1 aliphatic carbocycles. The number of hydrogen-bond donors (Lipinski definition) is 2. The van der Waals surface area contributed by atoms with Gasteiger partial charge in [0, 0.05) is 25.1 Å². The number of nitrogens with one attached hydrogen (secondary N) is 1. The van der Waals surface area contributed by atoms with Gasteiger partial charge in [0.15, 0.2) is 0 Å². The molecule has 2 atom stereocenters. The lowest BCUT2D eigenvalue weighted by Crippen LogP contribution is -2.49. The summed E-state index contributed by atoms with van der Waals surface area (Å²) >= 11 is 0. The van der Waals surface area contributed by atoms with Gasteiger partial charge in [-0.3, -0.25) is 4.79 Å². The molecule has 0 radical (unpaired) electrons. The third-order valence-corrected chi connectivity index (χ3v) is 4.80. The van der Waals surface area contributed by atoms with Gasteiger partial charge in [0.05, 0.1) is 5.60 Å². The monoisotopic (exact) mass is 268 g/mol. The number of hydrogen-bond acceptors (Lipinski definition) is 3. The van der Waals surface area contributed by atoms with Crippen LogP contribution in [-0.2, 0) is 9.53 Å². The zero-order valence-electron chi connectivity index (χ0n) is 12.3. The van der Waals surface area contributed by atoms with E-state index < -0.39 is 0 Å². The van der Waals surface area contributed by atoms with Crippen LogP contribution in [0.25, 0.3) is 0 Å². The van der Waals surface area contributed by atoms with Crippen molar-refractivity contribution < 1.29 is 9.53 Å². The van der Waals surface area contributed by atoms with Crippen LogP contribution in [0, 0.1) is 5.92 Å². The third-order valence-electron chi connectivity index (χ3n) is 4.80. The van der Waals surface area contributed by atoms with Gasteiger partial charge in [-0.05, 0) is 44.4 Å². The molecule has 0 aromatic carbocycles. The van der Waals surface area contributed by atoms with Crippen molar-refractivity contribution in [3.05, 3.63) is 0 Å². The highest BCUT2D eigenvalue weighted by molar-refractivity contribution is 5.77. The minimum atomic E-state index is -0.0329. The molecule has 1 heterocycles. The van der Waals surface area contributed by atoms with E-state index in [9.17, 15) is 4.79 Å². The minimum Gasteiger partial charge on any atom is -0.375 e. The SMILES string of the molecule is CCC1(CC)CC(NC(=O)CC(N)C2CC2)CCO1. The average Bonchev–Trinajstić information content (AvgIpc) is 3.23. The van der Waals surface area contributed by atoms with Gasteiger partial charge >= 0.3 is 0 Å². The van der Waals surface area contributed by atoms with E-state index >= 15 is 0 Å². The molecule has 2 unspecified atom stereocenters. The van der Waals surface area contributed by atoms with Gasteiger partial charge in [-0.1, -0.05) is 13.8 Å². The molecule has 110 valence electrons. The number of carbonyl (C=O) groups excluding carboxylic acids is 1. The fraction of sp³-hybridized carbons (Fsp3) is 0.933. The minimum absolute atomic E-state index is 0.0329. The molecule has 1 saturated carbocycles. The van der Waals surface area contributed by atoms with Gasteiger partial charge in [-0.2, -0.15) is 0 Å². The fourth-order valence-corrected chi connectivity index (χ4v) is 3.09. The molecular weight excluding hydrogens is 240 g/mol. The first-order valence-corrected chi connectivity index (χ1v) is 7.77. The molecule has 1 aliphatic heterocycles. The molecule has 2 rings (SSSR count). The van der Waals surface area contributed by atoms with Crippen LogP contribution in [0.5, 0.6) is 0 Å². The molecule has 0 bridgehead atoms. The Hall–Kier alpha value is -0.610. The second kappa shape index (κ2) is 6.23. The van der Waals surface area contributed by atoms with E-state index in [1.165, 1.54) is 12.8 Å². The van der Waals surface area contributed by atoms with Gasteiger partial charge in [0.2, 0.25) is 5.91 Å². The first-order chi connectivity index (χ1) is 9.08. The predicted molar refractivity (Wildman–Crippen MR) is 75.7 cm³/mol. The summed E-state index contributed by atoms with van der Waals surface area (Å²) in [5.74, 6) is 0.707. The maximum Gasteiger partial charge on any atom is 0.221 e. The van der Waals surface area contributed by atoms with Crippen LogP contribution in [0.15, 0.2) is 0 Å². The summed E-state index contributed by atoms with van der Waals surface area (Å²) in [6.07, 6.45) is 6.75. The summed E-state index contributed by atoms with van der Waals surface area (Å²) in [6, 6.07) is 0.314. The van der Waals surface area contributed by atoms with E-state index in [0.717, 1.165) is 32.3 Å². The van der Waals surface area contributed by atoms with E-state index in [2.05, 4.69) is 19.2 Å². The van der Waals surface area contributed by atoms with E-state index in [1.54, 1.807) is 0 Å². The van der Waals surface area contributed by atoms with Gasteiger partial charge in [0.25, 0.3) is 0 Å². The molecule has 2 aliphatic rings. The third kappa shape index (κ3) is 3.93. The average molecular weight is 268 g/mol. The lowest BCUT2D eigenvalue weighted by atomic mass is 9.86. The smallest absolute Gasteiger partial charge is 0.221 e. The summed E-state index contributed by atoms with van der Waals surface area (Å²) < 4.78 is 5.93. The van der Waals surface area contributed by atoms with Crippen molar-refractivity contribution in [1.82, 2.24) is 5.32 Å². The highest BCUT2D eigenvalue weighted by atomic mass is 16.5. The molecule has 0 aromatic rings. The van der Waals surface area contributed by atoms with Crippen molar-refractivity contribution >= 4 is 5.91 Å². The van der Waals surface area contributed by atoms with Gasteiger partial charge < -0.3 is 15.8 Å². The first-order valence-electron chi connectivity index (χ1n) is 7.77. The molecule has 4 heteroatoms. The molecule has 3 N–H and O–H groups in total. The molecule has 4 nitrogen and oxygen atoms in total. The quantitative estimate of drug-likeness (QED) is 0.774. The Morgan fingerprint density at radius 2 is 2.05 bits per heavy atom. The Labute approximate surface area is 116 Å². The molecule has 19 heavy (non-hydrogen) atoms. The molecule has 0 aromatic heterocycles. The van der Waals surface area contributed by atoms with Gasteiger partial charge in [0.1, 0.15) is 0 Å². The van der Waals surface area contributed by atoms with Crippen molar-refractivity contribution in [3.8, 4) is 0 Å². The maximum absolute atomic E-state index is 12.0. The van der Waals surface area contributed by atoms with E-state index in [1.807, 2.05) is 0 Å². The second-order valence-electron chi connectivity index (χ2n) is 6.20. The highest BCUT2D eigenvalue weighted by Gasteiger charge is 2.35. The number of nitrogens with two attached hydrogens (primary N) is 1. The predicted octanol–water partition coefficient (Wildman–Crippen LogP) is 1.97. The topological polar surface area (TPSA) is 64.4 Å². The zero-order valence-corrected chi connectivity index (χ0v) is 12.3. The number of amides is 1. The number of carbonyl (C=O) groups is 1. The van der Waals surface area contributed by atoms with Crippen LogP contribution >= 0.6 is 0 Å². The van der Waals surface area contributed by atoms with Crippen molar-refractivity contribution in [3.63, 3.8) is 0 Å². The summed E-state index contributed by atoms with van der Waals surface area (Å²) in [6.45, 7) is 5.08. The summed E-state index contributed by atoms with van der Waals surface area (Å²) in [5, 5.41) is 3.16. The normalized spacial score (nSPS) is 27.8. The van der Waals surface area contributed by atoms with Crippen molar-refractivity contribution in [2.24, 2.45) is 11.7 Å². The number of ether oxygens (including phenoxy) is 1. The standard InChI is InChI=1S/C15H28N2O2/c1-3-15(4-2)10-12(7-8-19-15)17-14(18)9-13(16)11-5-6-11/h11-13H,3-10,16H2,1-2H3,(H,17,18). The summed E-state index contributed by atoms with van der Waals surface area (Å²) in [5.41, 5.74) is 5.97. The Morgan fingerprint density at radius 3 is 2.63 bits per heavy atom. The first kappa shape index (κ1) is 14.8.